The highest BCUT2D eigenvalue weighted by Gasteiger charge is 2.55. The Bertz CT molecular complexity index is 340. The molecule has 19 heavy (non-hydrogen) atoms. The fourth-order valence-electron chi connectivity index (χ4n) is 5.90. The van der Waals surface area contributed by atoms with E-state index in [1.165, 1.54) is 32.1 Å². The number of hydrogen-bond donors (Lipinski definition) is 2. The summed E-state index contributed by atoms with van der Waals surface area (Å²) in [6.07, 6.45) is 6.16. The van der Waals surface area contributed by atoms with Crippen molar-refractivity contribution in [1.82, 2.24) is 0 Å². The Kier molecular flexibility index (Phi) is 3.46. The summed E-state index contributed by atoms with van der Waals surface area (Å²) in [7, 11) is 0. The van der Waals surface area contributed by atoms with E-state index in [1.807, 2.05) is 6.92 Å². The molecule has 2 bridgehead atoms. The van der Waals surface area contributed by atoms with Gasteiger partial charge < -0.3 is 10.2 Å². The van der Waals surface area contributed by atoms with Crippen LogP contribution < -0.4 is 0 Å². The van der Waals surface area contributed by atoms with Gasteiger partial charge >= 0.3 is 0 Å². The van der Waals surface area contributed by atoms with Gasteiger partial charge in [0.25, 0.3) is 0 Å². The van der Waals surface area contributed by atoms with Crippen molar-refractivity contribution in [1.29, 1.82) is 0 Å². The molecule has 0 amide bonds. The van der Waals surface area contributed by atoms with Crippen LogP contribution in [0.2, 0.25) is 0 Å². The first-order valence-electron chi connectivity index (χ1n) is 8.24. The molecule has 8 atom stereocenters. The van der Waals surface area contributed by atoms with Crippen LogP contribution in [0.4, 0.5) is 0 Å². The Labute approximate surface area is 117 Å². The van der Waals surface area contributed by atoms with E-state index in [0.29, 0.717) is 12.5 Å². The SMILES string of the molecule is CC(O)C1CC2CC1C(C1CCC(C)(CO)C1)C2C. The Balaban J connectivity index is 1.74. The highest BCUT2D eigenvalue weighted by molar-refractivity contribution is 5.04. The van der Waals surface area contributed by atoms with Crippen molar-refractivity contribution in [3.05, 3.63) is 0 Å². The topological polar surface area (TPSA) is 40.5 Å². The third kappa shape index (κ3) is 2.15. The van der Waals surface area contributed by atoms with Crippen molar-refractivity contribution < 1.29 is 10.2 Å². The zero-order valence-electron chi connectivity index (χ0n) is 12.7. The Morgan fingerprint density at radius 1 is 1.26 bits per heavy atom. The molecule has 2 N–H and O–H groups in total. The summed E-state index contributed by atoms with van der Waals surface area (Å²) in [6.45, 7) is 7.03. The van der Waals surface area contributed by atoms with E-state index in [2.05, 4.69) is 13.8 Å². The molecule has 0 spiro atoms. The van der Waals surface area contributed by atoms with Crippen LogP contribution in [0, 0.1) is 40.9 Å². The predicted molar refractivity (Wildman–Crippen MR) is 76.6 cm³/mol. The second kappa shape index (κ2) is 4.73. The van der Waals surface area contributed by atoms with Crippen LogP contribution in [0.25, 0.3) is 0 Å². The molecule has 3 aliphatic carbocycles. The van der Waals surface area contributed by atoms with Gasteiger partial charge in [0.2, 0.25) is 0 Å². The average molecular weight is 266 g/mol. The van der Waals surface area contributed by atoms with E-state index in [4.69, 9.17) is 0 Å². The van der Waals surface area contributed by atoms with Crippen molar-refractivity contribution >= 4 is 0 Å². The third-order valence-electron chi connectivity index (χ3n) is 6.96. The van der Waals surface area contributed by atoms with Gasteiger partial charge in [0.15, 0.2) is 0 Å². The summed E-state index contributed by atoms with van der Waals surface area (Å²) < 4.78 is 0. The minimum atomic E-state index is -0.129. The van der Waals surface area contributed by atoms with Crippen molar-refractivity contribution in [3.63, 3.8) is 0 Å². The third-order valence-corrected chi connectivity index (χ3v) is 6.96. The minimum absolute atomic E-state index is 0.129. The number of fused-ring (bicyclic) bond motifs is 2. The van der Waals surface area contributed by atoms with Crippen LogP contribution in [0.15, 0.2) is 0 Å². The van der Waals surface area contributed by atoms with Crippen LogP contribution in [0.3, 0.4) is 0 Å². The molecule has 3 rings (SSSR count). The van der Waals surface area contributed by atoms with Gasteiger partial charge in [-0.2, -0.15) is 0 Å². The highest BCUT2D eigenvalue weighted by atomic mass is 16.3. The lowest BCUT2D eigenvalue weighted by atomic mass is 9.67. The largest absolute Gasteiger partial charge is 0.396 e. The van der Waals surface area contributed by atoms with Gasteiger partial charge in [0.1, 0.15) is 0 Å². The van der Waals surface area contributed by atoms with Gasteiger partial charge in [-0.3, -0.25) is 0 Å². The quantitative estimate of drug-likeness (QED) is 0.824. The van der Waals surface area contributed by atoms with Crippen LogP contribution in [-0.4, -0.2) is 22.9 Å². The molecule has 3 aliphatic rings. The maximum absolute atomic E-state index is 10.0. The molecular formula is C17H30O2. The molecule has 0 heterocycles. The van der Waals surface area contributed by atoms with Gasteiger partial charge in [0, 0.05) is 6.61 Å². The van der Waals surface area contributed by atoms with Gasteiger partial charge in [0.05, 0.1) is 6.10 Å². The van der Waals surface area contributed by atoms with E-state index in [-0.39, 0.29) is 11.5 Å². The lowest BCUT2D eigenvalue weighted by Crippen LogP contribution is -2.36. The smallest absolute Gasteiger partial charge is 0.0543 e. The molecule has 0 radical (unpaired) electrons. The summed E-state index contributed by atoms with van der Waals surface area (Å²) in [5.41, 5.74) is 0.173. The average Bonchev–Trinajstić information content (AvgIpc) is 3.02. The first kappa shape index (κ1) is 13.9. The van der Waals surface area contributed by atoms with Crippen molar-refractivity contribution in [2.24, 2.45) is 40.9 Å². The van der Waals surface area contributed by atoms with Gasteiger partial charge in [-0.1, -0.05) is 13.8 Å². The second-order valence-corrected chi connectivity index (χ2v) is 8.21. The maximum atomic E-state index is 10.0. The lowest BCUT2D eigenvalue weighted by Gasteiger charge is -2.39. The molecule has 3 saturated carbocycles. The molecule has 2 heteroatoms. The highest BCUT2D eigenvalue weighted by Crippen LogP contribution is 2.61. The number of hydrogen-bond acceptors (Lipinski definition) is 2. The summed E-state index contributed by atoms with van der Waals surface area (Å²) in [5.74, 6) is 4.61. The normalized spacial score (nSPS) is 54.8. The maximum Gasteiger partial charge on any atom is 0.0543 e. The standard InChI is InChI=1S/C17H30O2/c1-10-13-6-14(11(2)19)15(7-13)16(10)12-4-5-17(3,8-12)9-18/h10-16,18-19H,4-9H2,1-3H3. The van der Waals surface area contributed by atoms with Gasteiger partial charge in [-0.15, -0.1) is 0 Å². The molecular weight excluding hydrogens is 236 g/mol. The van der Waals surface area contributed by atoms with Crippen LogP contribution in [0.1, 0.15) is 52.9 Å². The van der Waals surface area contributed by atoms with E-state index in [0.717, 1.165) is 29.6 Å². The molecule has 110 valence electrons. The van der Waals surface area contributed by atoms with E-state index < -0.39 is 0 Å². The van der Waals surface area contributed by atoms with E-state index in [9.17, 15) is 10.2 Å². The number of aliphatic hydroxyl groups is 2. The summed E-state index contributed by atoms with van der Waals surface area (Å²) in [6, 6.07) is 0. The summed E-state index contributed by atoms with van der Waals surface area (Å²) in [5, 5.41) is 19.6. The summed E-state index contributed by atoms with van der Waals surface area (Å²) in [4.78, 5) is 0. The zero-order valence-corrected chi connectivity index (χ0v) is 12.7. The first-order valence-corrected chi connectivity index (χ1v) is 8.24. The molecule has 0 aromatic heterocycles. The van der Waals surface area contributed by atoms with Crippen LogP contribution in [0.5, 0.6) is 0 Å². The monoisotopic (exact) mass is 266 g/mol. The van der Waals surface area contributed by atoms with Crippen LogP contribution >= 0.6 is 0 Å². The van der Waals surface area contributed by atoms with Crippen molar-refractivity contribution in [2.45, 2.75) is 59.0 Å². The predicted octanol–water partition coefficient (Wildman–Crippen LogP) is 3.07. The first-order chi connectivity index (χ1) is 8.95. The molecule has 0 saturated heterocycles. The van der Waals surface area contributed by atoms with E-state index >= 15 is 0 Å². The number of rotatable bonds is 3. The minimum Gasteiger partial charge on any atom is -0.396 e. The van der Waals surface area contributed by atoms with Crippen LogP contribution in [-0.2, 0) is 0 Å². The molecule has 0 aliphatic heterocycles. The van der Waals surface area contributed by atoms with E-state index in [1.54, 1.807) is 0 Å². The molecule has 8 unspecified atom stereocenters. The second-order valence-electron chi connectivity index (χ2n) is 8.21. The fraction of sp³-hybridized carbons (Fsp3) is 1.00. The Hall–Kier alpha value is -0.0800. The lowest BCUT2D eigenvalue weighted by molar-refractivity contribution is 0.0281. The number of aliphatic hydroxyl groups excluding tert-OH is 2. The van der Waals surface area contributed by atoms with Crippen molar-refractivity contribution in [2.75, 3.05) is 6.61 Å². The Morgan fingerprint density at radius 2 is 2.00 bits per heavy atom. The summed E-state index contributed by atoms with van der Waals surface area (Å²) >= 11 is 0. The zero-order chi connectivity index (χ0) is 13.8. The molecule has 0 aromatic rings. The molecule has 2 nitrogen and oxygen atoms in total. The van der Waals surface area contributed by atoms with Crippen molar-refractivity contribution in [3.8, 4) is 0 Å². The Morgan fingerprint density at radius 3 is 2.53 bits per heavy atom. The molecule has 3 fully saturated rings. The fourth-order valence-corrected chi connectivity index (χ4v) is 5.90. The van der Waals surface area contributed by atoms with Gasteiger partial charge in [-0.05, 0) is 80.0 Å². The van der Waals surface area contributed by atoms with Gasteiger partial charge in [-0.25, -0.2) is 0 Å². The molecule has 0 aromatic carbocycles.